The van der Waals surface area contributed by atoms with Crippen LogP contribution in [0, 0.1) is 0 Å². The van der Waals surface area contributed by atoms with E-state index < -0.39 is 12.0 Å². The third-order valence-corrected chi connectivity index (χ3v) is 3.68. The molecule has 1 heterocycles. The van der Waals surface area contributed by atoms with E-state index >= 15 is 0 Å². The molecule has 0 bridgehead atoms. The van der Waals surface area contributed by atoms with Crippen molar-refractivity contribution < 1.29 is 9.90 Å². The van der Waals surface area contributed by atoms with Crippen molar-refractivity contribution in [1.82, 2.24) is 9.88 Å². The van der Waals surface area contributed by atoms with E-state index in [1.54, 1.807) is 0 Å². The molecule has 1 atom stereocenters. The molecule has 19 heavy (non-hydrogen) atoms. The van der Waals surface area contributed by atoms with E-state index in [0.29, 0.717) is 6.42 Å². The van der Waals surface area contributed by atoms with E-state index in [-0.39, 0.29) is 6.04 Å². The van der Waals surface area contributed by atoms with Gasteiger partial charge in [-0.1, -0.05) is 18.2 Å². The third kappa shape index (κ3) is 2.79. The Balaban J connectivity index is 2.29. The van der Waals surface area contributed by atoms with Crippen molar-refractivity contribution in [3.05, 3.63) is 36.0 Å². The van der Waals surface area contributed by atoms with E-state index in [0.717, 1.165) is 16.5 Å². The number of carbonyl (C=O) groups is 1. The van der Waals surface area contributed by atoms with Gasteiger partial charge in [-0.3, -0.25) is 9.69 Å². The fraction of sp³-hybridized carbons (Fsp3) is 0.400. The molecule has 0 spiro atoms. The second-order valence-corrected chi connectivity index (χ2v) is 5.18. The van der Waals surface area contributed by atoms with Crippen LogP contribution < -0.4 is 0 Å². The first-order valence-corrected chi connectivity index (χ1v) is 6.50. The molecule has 0 aliphatic heterocycles. The molecule has 4 nitrogen and oxygen atoms in total. The predicted octanol–water partition coefficient (Wildman–Crippen LogP) is 2.50. The minimum Gasteiger partial charge on any atom is -0.480 e. The number of fused-ring (bicyclic) bond motifs is 1. The van der Waals surface area contributed by atoms with Gasteiger partial charge in [0.25, 0.3) is 0 Å². The van der Waals surface area contributed by atoms with Gasteiger partial charge in [0.15, 0.2) is 0 Å². The summed E-state index contributed by atoms with van der Waals surface area (Å²) in [6.45, 7) is 4.01. The topological polar surface area (TPSA) is 56.3 Å². The predicted molar refractivity (Wildman–Crippen MR) is 76.3 cm³/mol. The summed E-state index contributed by atoms with van der Waals surface area (Å²) >= 11 is 0. The summed E-state index contributed by atoms with van der Waals surface area (Å²) in [5.74, 6) is -0.776. The van der Waals surface area contributed by atoms with Crippen LogP contribution in [0.4, 0.5) is 0 Å². The Bertz CT molecular complexity index is 574. The SMILES string of the molecule is CC(C)N(C)C(Cc1c[nH]c2ccccc12)C(=O)O. The number of para-hydroxylation sites is 1. The van der Waals surface area contributed by atoms with Gasteiger partial charge in [0.05, 0.1) is 0 Å². The number of benzene rings is 1. The number of nitrogens with one attached hydrogen (secondary N) is 1. The molecule has 0 saturated carbocycles. The van der Waals surface area contributed by atoms with Crippen molar-refractivity contribution >= 4 is 16.9 Å². The number of rotatable bonds is 5. The first-order valence-electron chi connectivity index (χ1n) is 6.50. The smallest absolute Gasteiger partial charge is 0.321 e. The first-order chi connectivity index (χ1) is 9.00. The lowest BCUT2D eigenvalue weighted by molar-refractivity contribution is -0.143. The van der Waals surface area contributed by atoms with E-state index in [4.69, 9.17) is 0 Å². The average Bonchev–Trinajstić information content (AvgIpc) is 2.78. The maximum atomic E-state index is 11.5. The lowest BCUT2D eigenvalue weighted by Gasteiger charge is -2.28. The Hall–Kier alpha value is -1.81. The Morgan fingerprint density at radius 1 is 1.37 bits per heavy atom. The molecule has 2 N–H and O–H groups in total. The largest absolute Gasteiger partial charge is 0.480 e. The Morgan fingerprint density at radius 3 is 2.68 bits per heavy atom. The van der Waals surface area contributed by atoms with Crippen LogP contribution >= 0.6 is 0 Å². The van der Waals surface area contributed by atoms with Crippen LogP contribution in [0.5, 0.6) is 0 Å². The van der Waals surface area contributed by atoms with Gasteiger partial charge in [-0.2, -0.15) is 0 Å². The monoisotopic (exact) mass is 260 g/mol. The summed E-state index contributed by atoms with van der Waals surface area (Å²) in [5, 5.41) is 10.5. The molecule has 1 unspecified atom stereocenters. The minimum absolute atomic E-state index is 0.200. The fourth-order valence-corrected chi connectivity index (χ4v) is 2.27. The molecule has 0 aliphatic carbocycles. The van der Waals surface area contributed by atoms with Gasteiger partial charge in [-0.05, 0) is 32.5 Å². The Labute approximate surface area is 113 Å². The number of nitrogens with zero attached hydrogens (tertiary/aromatic N) is 1. The molecule has 2 aromatic rings. The van der Waals surface area contributed by atoms with Crippen LogP contribution in [0.1, 0.15) is 19.4 Å². The van der Waals surface area contributed by atoms with Crippen LogP contribution in [0.3, 0.4) is 0 Å². The zero-order chi connectivity index (χ0) is 14.0. The number of aromatic nitrogens is 1. The van der Waals surface area contributed by atoms with Gasteiger partial charge in [-0.15, -0.1) is 0 Å². The first kappa shape index (κ1) is 13.6. The van der Waals surface area contributed by atoms with Crippen molar-refractivity contribution in [3.8, 4) is 0 Å². The second-order valence-electron chi connectivity index (χ2n) is 5.18. The number of aromatic amines is 1. The van der Waals surface area contributed by atoms with E-state index in [1.165, 1.54) is 0 Å². The van der Waals surface area contributed by atoms with E-state index in [1.807, 2.05) is 56.3 Å². The van der Waals surface area contributed by atoms with Gasteiger partial charge in [-0.25, -0.2) is 0 Å². The summed E-state index contributed by atoms with van der Waals surface area (Å²) in [7, 11) is 1.86. The molecule has 2 rings (SSSR count). The molecule has 102 valence electrons. The van der Waals surface area contributed by atoms with Gasteiger partial charge < -0.3 is 10.1 Å². The zero-order valence-corrected chi connectivity index (χ0v) is 11.6. The Kier molecular flexibility index (Phi) is 3.90. The summed E-state index contributed by atoms with van der Waals surface area (Å²) < 4.78 is 0. The van der Waals surface area contributed by atoms with Crippen LogP contribution in [0.2, 0.25) is 0 Å². The van der Waals surface area contributed by atoms with Crippen LogP contribution in [0.15, 0.2) is 30.5 Å². The molecule has 4 heteroatoms. The van der Waals surface area contributed by atoms with Crippen molar-refractivity contribution in [2.75, 3.05) is 7.05 Å². The van der Waals surface area contributed by atoms with Gasteiger partial charge >= 0.3 is 5.97 Å². The molecule has 0 radical (unpaired) electrons. The summed E-state index contributed by atoms with van der Waals surface area (Å²) in [6.07, 6.45) is 2.42. The van der Waals surface area contributed by atoms with Crippen molar-refractivity contribution in [1.29, 1.82) is 0 Å². The zero-order valence-electron chi connectivity index (χ0n) is 11.6. The molecule has 0 amide bonds. The quantitative estimate of drug-likeness (QED) is 0.868. The van der Waals surface area contributed by atoms with Crippen LogP contribution in [-0.4, -0.2) is 40.1 Å². The highest BCUT2D eigenvalue weighted by Crippen LogP contribution is 2.20. The number of hydrogen-bond acceptors (Lipinski definition) is 2. The molecule has 1 aromatic heterocycles. The van der Waals surface area contributed by atoms with E-state index in [9.17, 15) is 9.90 Å². The number of likely N-dealkylation sites (N-methyl/N-ethyl adjacent to an activating group) is 1. The Morgan fingerprint density at radius 2 is 2.05 bits per heavy atom. The highest BCUT2D eigenvalue weighted by Gasteiger charge is 2.25. The van der Waals surface area contributed by atoms with Crippen molar-refractivity contribution in [2.45, 2.75) is 32.4 Å². The van der Waals surface area contributed by atoms with Gasteiger partial charge in [0.1, 0.15) is 6.04 Å². The minimum atomic E-state index is -0.776. The third-order valence-electron chi connectivity index (χ3n) is 3.68. The van der Waals surface area contributed by atoms with Crippen molar-refractivity contribution in [2.24, 2.45) is 0 Å². The number of hydrogen-bond donors (Lipinski definition) is 2. The lowest BCUT2D eigenvalue weighted by Crippen LogP contribution is -2.43. The second kappa shape index (κ2) is 5.45. The highest BCUT2D eigenvalue weighted by atomic mass is 16.4. The summed E-state index contributed by atoms with van der Waals surface area (Å²) in [4.78, 5) is 16.5. The lowest BCUT2D eigenvalue weighted by atomic mass is 10.0. The van der Waals surface area contributed by atoms with E-state index in [2.05, 4.69) is 4.98 Å². The number of carboxylic acids is 1. The fourth-order valence-electron chi connectivity index (χ4n) is 2.27. The standard InChI is InChI=1S/C15H20N2O2/c1-10(2)17(3)14(15(18)19)8-11-9-16-13-7-5-4-6-12(11)13/h4-7,9-10,14,16H,8H2,1-3H3,(H,18,19). The van der Waals surface area contributed by atoms with Crippen LogP contribution in [0.25, 0.3) is 10.9 Å². The normalized spacial score (nSPS) is 13.3. The number of carboxylic acid groups (broad SMARTS) is 1. The van der Waals surface area contributed by atoms with Crippen LogP contribution in [-0.2, 0) is 11.2 Å². The van der Waals surface area contributed by atoms with Crippen molar-refractivity contribution in [3.63, 3.8) is 0 Å². The van der Waals surface area contributed by atoms with Gasteiger partial charge in [0.2, 0.25) is 0 Å². The summed E-state index contributed by atoms with van der Waals surface area (Å²) in [5.41, 5.74) is 2.10. The summed E-state index contributed by atoms with van der Waals surface area (Å²) in [6, 6.07) is 7.67. The molecule has 1 aromatic carbocycles. The number of H-pyrrole nitrogens is 1. The van der Waals surface area contributed by atoms with Gasteiger partial charge in [0, 0.05) is 29.6 Å². The molecule has 0 fully saturated rings. The highest BCUT2D eigenvalue weighted by molar-refractivity contribution is 5.84. The molecular weight excluding hydrogens is 240 g/mol. The maximum Gasteiger partial charge on any atom is 0.321 e. The maximum absolute atomic E-state index is 11.5. The molecule has 0 saturated heterocycles. The average molecular weight is 260 g/mol. The molecular formula is C15H20N2O2. The number of aliphatic carboxylic acids is 1. The molecule has 0 aliphatic rings.